The van der Waals surface area contributed by atoms with Gasteiger partial charge in [0.1, 0.15) is 13.2 Å². The SMILES string of the molecule is O=C(O)CSCC(=O)Nc1cc2c(cc1Cl)OCCO2. The average molecular weight is 318 g/mol. The van der Waals surface area contributed by atoms with E-state index in [9.17, 15) is 9.59 Å². The van der Waals surface area contributed by atoms with Crippen molar-refractivity contribution in [3.8, 4) is 11.5 Å². The fourth-order valence-corrected chi connectivity index (χ4v) is 2.31. The molecule has 2 N–H and O–H groups in total. The smallest absolute Gasteiger partial charge is 0.313 e. The van der Waals surface area contributed by atoms with Gasteiger partial charge in [-0.05, 0) is 0 Å². The zero-order valence-electron chi connectivity index (χ0n) is 10.3. The van der Waals surface area contributed by atoms with Gasteiger partial charge >= 0.3 is 5.97 Å². The molecular formula is C12H12ClNO5S. The lowest BCUT2D eigenvalue weighted by atomic mass is 10.2. The lowest BCUT2D eigenvalue weighted by Crippen LogP contribution is -2.18. The quantitative estimate of drug-likeness (QED) is 0.862. The zero-order chi connectivity index (χ0) is 14.5. The van der Waals surface area contributed by atoms with Gasteiger partial charge in [-0.15, -0.1) is 11.8 Å². The average Bonchev–Trinajstić information content (AvgIpc) is 2.39. The number of amides is 1. The summed E-state index contributed by atoms with van der Waals surface area (Å²) in [5.41, 5.74) is 0.414. The monoisotopic (exact) mass is 317 g/mol. The largest absolute Gasteiger partial charge is 0.486 e. The Kier molecular flexibility index (Phi) is 4.97. The van der Waals surface area contributed by atoms with Gasteiger partial charge in [0.15, 0.2) is 11.5 Å². The first kappa shape index (κ1) is 14.8. The van der Waals surface area contributed by atoms with Crippen LogP contribution in [0.4, 0.5) is 5.69 Å². The van der Waals surface area contributed by atoms with Crippen LogP contribution in [0.3, 0.4) is 0 Å². The van der Waals surface area contributed by atoms with Gasteiger partial charge < -0.3 is 19.9 Å². The van der Waals surface area contributed by atoms with Crippen molar-refractivity contribution in [2.24, 2.45) is 0 Å². The Hall–Kier alpha value is -1.60. The molecule has 1 aromatic rings. The van der Waals surface area contributed by atoms with Crippen molar-refractivity contribution in [2.45, 2.75) is 0 Å². The Labute approximate surface area is 124 Å². The van der Waals surface area contributed by atoms with Crippen LogP contribution in [-0.2, 0) is 9.59 Å². The number of hydrogen-bond acceptors (Lipinski definition) is 5. The maximum Gasteiger partial charge on any atom is 0.313 e. The highest BCUT2D eigenvalue weighted by atomic mass is 35.5. The predicted octanol–water partition coefficient (Wildman–Crippen LogP) is 1.87. The van der Waals surface area contributed by atoms with Crippen LogP contribution in [0.25, 0.3) is 0 Å². The number of thioether (sulfide) groups is 1. The van der Waals surface area contributed by atoms with Crippen LogP contribution in [0.1, 0.15) is 0 Å². The molecular weight excluding hydrogens is 306 g/mol. The summed E-state index contributed by atoms with van der Waals surface area (Å²) < 4.78 is 10.8. The number of carbonyl (C=O) groups excluding carboxylic acids is 1. The number of nitrogens with one attached hydrogen (secondary N) is 1. The van der Waals surface area contributed by atoms with Crippen molar-refractivity contribution in [2.75, 3.05) is 30.0 Å². The summed E-state index contributed by atoms with van der Waals surface area (Å²) in [5, 5.41) is 11.4. The Morgan fingerprint density at radius 2 is 1.90 bits per heavy atom. The lowest BCUT2D eigenvalue weighted by Gasteiger charge is -2.20. The van der Waals surface area contributed by atoms with Gasteiger partial charge in [0.25, 0.3) is 0 Å². The molecule has 2 rings (SSSR count). The Bertz CT molecular complexity index is 537. The summed E-state index contributed by atoms with van der Waals surface area (Å²) in [6.45, 7) is 0.900. The number of fused-ring (bicyclic) bond motifs is 1. The summed E-state index contributed by atoms with van der Waals surface area (Å²) in [6, 6.07) is 3.17. The predicted molar refractivity (Wildman–Crippen MR) is 76.0 cm³/mol. The molecule has 8 heteroatoms. The fourth-order valence-electron chi connectivity index (χ4n) is 1.58. The number of anilines is 1. The molecule has 6 nitrogen and oxygen atoms in total. The highest BCUT2D eigenvalue weighted by Crippen LogP contribution is 2.37. The Morgan fingerprint density at radius 1 is 1.25 bits per heavy atom. The van der Waals surface area contributed by atoms with Crippen molar-refractivity contribution in [1.29, 1.82) is 0 Å². The van der Waals surface area contributed by atoms with E-state index >= 15 is 0 Å². The number of aliphatic carboxylic acids is 1. The lowest BCUT2D eigenvalue weighted by molar-refractivity contribution is -0.133. The second-order valence-electron chi connectivity index (χ2n) is 3.91. The third-order valence-corrected chi connectivity index (χ3v) is 3.59. The Balaban J connectivity index is 1.98. The molecule has 108 valence electrons. The van der Waals surface area contributed by atoms with Gasteiger partial charge in [-0.1, -0.05) is 11.6 Å². The topological polar surface area (TPSA) is 84.9 Å². The number of ether oxygens (including phenoxy) is 2. The molecule has 1 aliphatic rings. The van der Waals surface area contributed by atoms with E-state index in [1.165, 1.54) is 0 Å². The molecule has 0 fully saturated rings. The highest BCUT2D eigenvalue weighted by molar-refractivity contribution is 8.00. The minimum atomic E-state index is -0.958. The number of benzene rings is 1. The van der Waals surface area contributed by atoms with Gasteiger partial charge in [-0.3, -0.25) is 9.59 Å². The van der Waals surface area contributed by atoms with Crippen molar-refractivity contribution in [3.05, 3.63) is 17.2 Å². The van der Waals surface area contributed by atoms with Crippen LogP contribution >= 0.6 is 23.4 Å². The highest BCUT2D eigenvalue weighted by Gasteiger charge is 2.16. The first-order valence-corrected chi connectivity index (χ1v) is 7.28. The summed E-state index contributed by atoms with van der Waals surface area (Å²) in [6.07, 6.45) is 0. The van der Waals surface area contributed by atoms with E-state index in [0.29, 0.717) is 35.4 Å². The van der Waals surface area contributed by atoms with Crippen molar-refractivity contribution >= 4 is 40.9 Å². The number of halogens is 1. The number of hydrogen-bond donors (Lipinski definition) is 2. The van der Waals surface area contributed by atoms with E-state index in [4.69, 9.17) is 26.2 Å². The molecule has 1 amide bonds. The number of carboxylic acid groups (broad SMARTS) is 1. The summed E-state index contributed by atoms with van der Waals surface area (Å²) in [4.78, 5) is 22.0. The molecule has 0 atom stereocenters. The molecule has 1 heterocycles. The third-order valence-electron chi connectivity index (χ3n) is 2.36. The number of rotatable bonds is 5. The van der Waals surface area contributed by atoms with Crippen LogP contribution in [0, 0.1) is 0 Å². The maximum absolute atomic E-state index is 11.7. The molecule has 20 heavy (non-hydrogen) atoms. The number of carboxylic acids is 1. The minimum absolute atomic E-state index is 0.0388. The number of carbonyl (C=O) groups is 2. The Morgan fingerprint density at radius 3 is 2.55 bits per heavy atom. The van der Waals surface area contributed by atoms with E-state index in [1.807, 2.05) is 0 Å². The molecule has 0 radical (unpaired) electrons. The molecule has 1 aromatic carbocycles. The van der Waals surface area contributed by atoms with Crippen molar-refractivity contribution in [1.82, 2.24) is 0 Å². The fraction of sp³-hybridized carbons (Fsp3) is 0.333. The van der Waals surface area contributed by atoms with Gasteiger partial charge in [-0.25, -0.2) is 0 Å². The van der Waals surface area contributed by atoms with Crippen LogP contribution in [-0.4, -0.2) is 41.7 Å². The maximum atomic E-state index is 11.7. The molecule has 0 unspecified atom stereocenters. The van der Waals surface area contributed by atoms with Crippen LogP contribution < -0.4 is 14.8 Å². The summed E-state index contributed by atoms with van der Waals surface area (Å²) in [5.74, 6) is -0.303. The van der Waals surface area contributed by atoms with Crippen LogP contribution in [0.2, 0.25) is 5.02 Å². The standard InChI is InChI=1S/C12H12ClNO5S/c13-7-3-9-10(19-2-1-18-9)4-8(7)14-11(15)5-20-6-12(16)17/h3-4H,1-2,5-6H2,(H,14,15)(H,16,17). The minimum Gasteiger partial charge on any atom is -0.486 e. The normalized spacial score (nSPS) is 12.8. The molecule has 0 saturated carbocycles. The zero-order valence-corrected chi connectivity index (χ0v) is 11.9. The first-order valence-electron chi connectivity index (χ1n) is 5.75. The first-order chi connectivity index (χ1) is 9.56. The van der Waals surface area contributed by atoms with E-state index < -0.39 is 5.97 Å². The van der Waals surface area contributed by atoms with Gasteiger partial charge in [-0.2, -0.15) is 0 Å². The van der Waals surface area contributed by atoms with Crippen LogP contribution in [0.15, 0.2) is 12.1 Å². The van der Waals surface area contributed by atoms with E-state index in [0.717, 1.165) is 11.8 Å². The summed E-state index contributed by atoms with van der Waals surface area (Å²) >= 11 is 7.05. The molecule has 0 bridgehead atoms. The van der Waals surface area contributed by atoms with Gasteiger partial charge in [0.05, 0.1) is 22.2 Å². The van der Waals surface area contributed by atoms with E-state index in [-0.39, 0.29) is 17.4 Å². The van der Waals surface area contributed by atoms with E-state index in [1.54, 1.807) is 12.1 Å². The summed E-state index contributed by atoms with van der Waals surface area (Å²) in [7, 11) is 0. The van der Waals surface area contributed by atoms with E-state index in [2.05, 4.69) is 5.32 Å². The van der Waals surface area contributed by atoms with Crippen LogP contribution in [0.5, 0.6) is 11.5 Å². The molecule has 0 spiro atoms. The second kappa shape index (κ2) is 6.71. The van der Waals surface area contributed by atoms with Crippen molar-refractivity contribution in [3.63, 3.8) is 0 Å². The van der Waals surface area contributed by atoms with Gasteiger partial charge in [0, 0.05) is 12.1 Å². The molecule has 0 aliphatic carbocycles. The molecule has 0 saturated heterocycles. The second-order valence-corrected chi connectivity index (χ2v) is 5.30. The van der Waals surface area contributed by atoms with Gasteiger partial charge in [0.2, 0.25) is 5.91 Å². The van der Waals surface area contributed by atoms with Crippen molar-refractivity contribution < 1.29 is 24.2 Å². The third kappa shape index (κ3) is 3.94. The molecule has 0 aromatic heterocycles. The molecule has 1 aliphatic heterocycles.